The number of carboxylic acids is 2. The molecule has 0 aromatic carbocycles. The lowest BCUT2D eigenvalue weighted by Crippen LogP contribution is -2.63. The van der Waals surface area contributed by atoms with Crippen molar-refractivity contribution in [2.45, 2.75) is 70.6 Å². The third kappa shape index (κ3) is 4.41. The average molecular weight is 301 g/mol. The van der Waals surface area contributed by atoms with Crippen LogP contribution in [-0.4, -0.2) is 45.4 Å². The van der Waals surface area contributed by atoms with Crippen LogP contribution in [0.2, 0.25) is 0 Å². The van der Waals surface area contributed by atoms with Gasteiger partial charge in [0, 0.05) is 12.1 Å². The summed E-state index contributed by atoms with van der Waals surface area (Å²) in [6.45, 7) is 4.04. The highest BCUT2D eigenvalue weighted by Gasteiger charge is 2.49. The van der Waals surface area contributed by atoms with Crippen LogP contribution in [0, 0.1) is 11.8 Å². The molecule has 4 atom stereocenters. The smallest absolute Gasteiger partial charge is 0.310 e. The molecule has 4 N–H and O–H groups in total. The average Bonchev–Trinajstić information content (AvgIpc) is 2.41. The van der Waals surface area contributed by atoms with Gasteiger partial charge in [0.25, 0.3) is 0 Å². The van der Waals surface area contributed by atoms with E-state index in [2.05, 4.69) is 5.32 Å². The van der Waals surface area contributed by atoms with Crippen LogP contribution in [-0.2, 0) is 9.59 Å². The topological polar surface area (TPSA) is 107 Å². The second-order valence-electron chi connectivity index (χ2n) is 5.88. The molecular formula is C15H27NO5. The van der Waals surface area contributed by atoms with E-state index in [0.717, 1.165) is 25.7 Å². The van der Waals surface area contributed by atoms with E-state index < -0.39 is 29.9 Å². The van der Waals surface area contributed by atoms with Gasteiger partial charge < -0.3 is 20.6 Å². The fourth-order valence-corrected chi connectivity index (χ4v) is 3.19. The summed E-state index contributed by atoms with van der Waals surface area (Å²) in [5.41, 5.74) is 0. The predicted octanol–water partition coefficient (Wildman–Crippen LogP) is 1.47. The Kier molecular flexibility index (Phi) is 7.11. The third-order valence-electron chi connectivity index (χ3n) is 4.34. The number of carboxylic acid groups (broad SMARTS) is 2. The predicted molar refractivity (Wildman–Crippen MR) is 78.0 cm³/mol. The summed E-state index contributed by atoms with van der Waals surface area (Å²) >= 11 is 0. The first-order valence-electron chi connectivity index (χ1n) is 7.83. The molecule has 0 spiro atoms. The zero-order valence-electron chi connectivity index (χ0n) is 12.8. The third-order valence-corrected chi connectivity index (χ3v) is 4.34. The van der Waals surface area contributed by atoms with E-state index in [1.165, 1.54) is 0 Å². The zero-order valence-corrected chi connectivity index (χ0v) is 12.8. The molecule has 0 saturated carbocycles. The van der Waals surface area contributed by atoms with Crippen molar-refractivity contribution >= 4 is 11.9 Å². The van der Waals surface area contributed by atoms with E-state index in [9.17, 15) is 24.9 Å². The number of piperidine rings is 1. The monoisotopic (exact) mass is 301 g/mol. The number of nitrogens with one attached hydrogen (secondary N) is 1. The van der Waals surface area contributed by atoms with Gasteiger partial charge in [-0.2, -0.15) is 0 Å². The molecule has 21 heavy (non-hydrogen) atoms. The number of aliphatic carboxylic acids is 2. The second-order valence-corrected chi connectivity index (χ2v) is 5.88. The maximum absolute atomic E-state index is 11.4. The van der Waals surface area contributed by atoms with Crippen LogP contribution < -0.4 is 5.32 Å². The Hall–Kier alpha value is -1.14. The van der Waals surface area contributed by atoms with Gasteiger partial charge in [-0.05, 0) is 12.8 Å². The Morgan fingerprint density at radius 1 is 0.905 bits per heavy atom. The highest BCUT2D eigenvalue weighted by molar-refractivity contribution is 5.77. The molecule has 1 aliphatic rings. The Balaban J connectivity index is 2.95. The van der Waals surface area contributed by atoms with Crippen LogP contribution in [0.25, 0.3) is 0 Å². The van der Waals surface area contributed by atoms with Crippen molar-refractivity contribution in [2.75, 3.05) is 0 Å². The highest BCUT2D eigenvalue weighted by Crippen LogP contribution is 2.31. The van der Waals surface area contributed by atoms with Gasteiger partial charge in [0.05, 0.1) is 17.9 Å². The minimum absolute atomic E-state index is 0.366. The molecule has 6 heteroatoms. The van der Waals surface area contributed by atoms with Crippen molar-refractivity contribution in [2.24, 2.45) is 11.8 Å². The van der Waals surface area contributed by atoms with E-state index in [0.29, 0.717) is 12.8 Å². The number of unbranched alkanes of at least 4 members (excludes halogenated alkanes) is 2. The standard InChI is InChI=1S/C15H27NO5/c1-3-5-7-9-11(14(18)19)13(17)12(15(20)21)10(16-9)8-6-4-2/h9-13,16-17H,3-8H2,1-2H3,(H,18,19)(H,20,21). The maximum Gasteiger partial charge on any atom is 0.310 e. The minimum Gasteiger partial charge on any atom is -0.481 e. The molecule has 0 radical (unpaired) electrons. The van der Waals surface area contributed by atoms with Crippen molar-refractivity contribution in [3.63, 3.8) is 0 Å². The minimum atomic E-state index is -1.34. The molecule has 0 amide bonds. The Labute approximate surface area is 125 Å². The molecule has 0 aromatic heterocycles. The van der Waals surface area contributed by atoms with Crippen LogP contribution in [0.4, 0.5) is 0 Å². The number of rotatable bonds is 8. The molecule has 0 bridgehead atoms. The number of aliphatic hydroxyl groups is 1. The molecule has 6 nitrogen and oxygen atoms in total. The lowest BCUT2D eigenvalue weighted by atomic mass is 9.74. The molecule has 1 heterocycles. The first-order chi connectivity index (χ1) is 9.93. The lowest BCUT2D eigenvalue weighted by Gasteiger charge is -2.43. The summed E-state index contributed by atoms with van der Waals surface area (Å²) in [6, 6.07) is -0.732. The molecule has 0 aromatic rings. The fraction of sp³-hybridized carbons (Fsp3) is 0.867. The van der Waals surface area contributed by atoms with E-state index in [4.69, 9.17) is 0 Å². The van der Waals surface area contributed by atoms with Gasteiger partial charge in [-0.25, -0.2) is 0 Å². The van der Waals surface area contributed by atoms with Gasteiger partial charge in [-0.3, -0.25) is 9.59 Å². The van der Waals surface area contributed by atoms with Gasteiger partial charge in [-0.1, -0.05) is 39.5 Å². The lowest BCUT2D eigenvalue weighted by molar-refractivity contribution is -0.162. The van der Waals surface area contributed by atoms with Crippen LogP contribution in [0.5, 0.6) is 0 Å². The summed E-state index contributed by atoms with van der Waals surface area (Å²) in [4.78, 5) is 22.9. The first-order valence-corrected chi connectivity index (χ1v) is 7.83. The number of carbonyl (C=O) groups is 2. The first kappa shape index (κ1) is 17.9. The summed E-state index contributed by atoms with van der Waals surface area (Å²) in [5.74, 6) is -4.38. The van der Waals surface area contributed by atoms with Crippen LogP contribution in [0.1, 0.15) is 52.4 Å². The van der Waals surface area contributed by atoms with E-state index >= 15 is 0 Å². The molecule has 1 fully saturated rings. The zero-order chi connectivity index (χ0) is 16.0. The van der Waals surface area contributed by atoms with E-state index in [1.807, 2.05) is 13.8 Å². The van der Waals surface area contributed by atoms with Crippen LogP contribution >= 0.6 is 0 Å². The number of hydrogen-bond donors (Lipinski definition) is 4. The molecule has 0 aliphatic carbocycles. The van der Waals surface area contributed by atoms with E-state index in [1.54, 1.807) is 0 Å². The van der Waals surface area contributed by atoms with Crippen molar-refractivity contribution < 1.29 is 24.9 Å². The van der Waals surface area contributed by atoms with Gasteiger partial charge in [0.15, 0.2) is 0 Å². The molecular weight excluding hydrogens is 274 g/mol. The van der Waals surface area contributed by atoms with Gasteiger partial charge in [0.1, 0.15) is 0 Å². The van der Waals surface area contributed by atoms with Crippen LogP contribution in [0.15, 0.2) is 0 Å². The second kappa shape index (κ2) is 8.34. The quantitative estimate of drug-likeness (QED) is 0.541. The molecule has 1 aliphatic heterocycles. The van der Waals surface area contributed by atoms with Crippen LogP contribution in [0.3, 0.4) is 0 Å². The van der Waals surface area contributed by atoms with Gasteiger partial charge in [0.2, 0.25) is 0 Å². The normalized spacial score (nSPS) is 32.8. The highest BCUT2D eigenvalue weighted by atomic mass is 16.4. The summed E-state index contributed by atoms with van der Waals surface area (Å²) in [6.07, 6.45) is 3.51. The van der Waals surface area contributed by atoms with Gasteiger partial charge >= 0.3 is 11.9 Å². The number of hydrogen-bond acceptors (Lipinski definition) is 4. The number of aliphatic hydroxyl groups excluding tert-OH is 1. The van der Waals surface area contributed by atoms with Crippen molar-refractivity contribution in [3.05, 3.63) is 0 Å². The largest absolute Gasteiger partial charge is 0.481 e. The van der Waals surface area contributed by atoms with Crippen molar-refractivity contribution in [1.29, 1.82) is 0 Å². The van der Waals surface area contributed by atoms with E-state index in [-0.39, 0.29) is 12.1 Å². The maximum atomic E-state index is 11.4. The van der Waals surface area contributed by atoms with Gasteiger partial charge in [-0.15, -0.1) is 0 Å². The Bertz CT molecular complexity index is 328. The summed E-state index contributed by atoms with van der Waals surface area (Å²) in [5, 5.41) is 32.2. The Morgan fingerprint density at radius 2 is 1.29 bits per heavy atom. The fourth-order valence-electron chi connectivity index (χ4n) is 3.19. The summed E-state index contributed by atoms with van der Waals surface area (Å²) < 4.78 is 0. The molecule has 1 rings (SSSR count). The Morgan fingerprint density at radius 3 is 1.57 bits per heavy atom. The SMILES string of the molecule is CCCCC1NC(CCCC)C(C(=O)O)C(O)C1C(=O)O. The molecule has 1 saturated heterocycles. The summed E-state index contributed by atoms with van der Waals surface area (Å²) in [7, 11) is 0. The molecule has 4 unspecified atom stereocenters. The van der Waals surface area contributed by atoms with Crippen molar-refractivity contribution in [3.8, 4) is 0 Å². The molecule has 122 valence electrons. The van der Waals surface area contributed by atoms with Crippen molar-refractivity contribution in [1.82, 2.24) is 5.32 Å².